The quantitative estimate of drug-likeness (QED) is 0.358. The van der Waals surface area contributed by atoms with Gasteiger partial charge in [0, 0.05) is 31.2 Å². The summed E-state index contributed by atoms with van der Waals surface area (Å²) in [5, 5.41) is 27.8. The maximum Gasteiger partial charge on any atom is 1.00 e. The number of anilines is 1. The molecule has 0 bridgehead atoms. The average Bonchev–Trinajstić information content (AvgIpc) is 2.74. The van der Waals surface area contributed by atoms with Gasteiger partial charge in [-0.15, -0.1) is 0 Å². The minimum Gasteiger partial charge on any atom is -0.871 e. The summed E-state index contributed by atoms with van der Waals surface area (Å²) in [5.41, 5.74) is 0.588. The number of nitrogens with zero attached hydrogens (tertiary/aromatic N) is 2. The van der Waals surface area contributed by atoms with Crippen LogP contribution in [0, 0.1) is 0 Å². The summed E-state index contributed by atoms with van der Waals surface area (Å²) in [5.74, 6) is -2.05. The third kappa shape index (κ3) is 7.19. The zero-order chi connectivity index (χ0) is 21.7. The molecule has 1 aromatic carbocycles. The Morgan fingerprint density at radius 2 is 1.75 bits per heavy atom. The van der Waals surface area contributed by atoms with Gasteiger partial charge in [0.05, 0.1) is 17.4 Å². The number of aromatic nitrogens is 2. The van der Waals surface area contributed by atoms with Gasteiger partial charge in [0.1, 0.15) is 5.69 Å². The van der Waals surface area contributed by atoms with Crippen molar-refractivity contribution in [2.24, 2.45) is 7.05 Å². The number of urea groups is 1. The number of carbonyl (C=O) groups is 2. The molecule has 0 aliphatic rings. The molecule has 3 aromatic rings. The Morgan fingerprint density at radius 1 is 1.06 bits per heavy atom. The predicted octanol–water partition coefficient (Wildman–Crippen LogP) is -5.47. The zero-order valence-corrected chi connectivity index (χ0v) is 22.0. The van der Waals surface area contributed by atoms with Crippen molar-refractivity contribution in [1.82, 2.24) is 14.9 Å². The molecule has 0 unspecified atom stereocenters. The summed E-state index contributed by atoms with van der Waals surface area (Å²) in [6.45, 7) is 0. The van der Waals surface area contributed by atoms with Crippen LogP contribution in [0.4, 0.5) is 10.5 Å². The van der Waals surface area contributed by atoms with E-state index in [1.165, 1.54) is 13.2 Å². The molecule has 0 fully saturated rings. The second-order valence-electron chi connectivity index (χ2n) is 6.51. The SMILES string of the molecule is Cn1ccc([O-])c(NC(=O)N[C@@H](CC(=O)[O-])c2cccc(-c3ccccc3)n2)c1=O.[Na+].[Na+]. The van der Waals surface area contributed by atoms with Gasteiger partial charge >= 0.3 is 65.1 Å². The summed E-state index contributed by atoms with van der Waals surface area (Å²) in [7, 11) is 1.43. The number of hydrogen-bond acceptors (Lipinski definition) is 6. The van der Waals surface area contributed by atoms with Gasteiger partial charge in [0.15, 0.2) is 0 Å². The van der Waals surface area contributed by atoms with Crippen LogP contribution in [0.15, 0.2) is 65.6 Å². The van der Waals surface area contributed by atoms with E-state index in [9.17, 15) is 24.6 Å². The van der Waals surface area contributed by atoms with Gasteiger partial charge in [-0.1, -0.05) is 48.2 Å². The fourth-order valence-corrected chi connectivity index (χ4v) is 2.85. The van der Waals surface area contributed by atoms with Gasteiger partial charge in [-0.2, -0.15) is 0 Å². The van der Waals surface area contributed by atoms with E-state index in [1.807, 2.05) is 30.3 Å². The summed E-state index contributed by atoms with van der Waals surface area (Å²) in [6.07, 6.45) is 0.737. The van der Waals surface area contributed by atoms with E-state index in [0.717, 1.165) is 16.2 Å². The summed E-state index contributed by atoms with van der Waals surface area (Å²) < 4.78 is 1.14. The number of nitrogens with one attached hydrogen (secondary N) is 2. The van der Waals surface area contributed by atoms with Gasteiger partial charge < -0.3 is 30.2 Å². The first-order valence-corrected chi connectivity index (χ1v) is 9.01. The smallest absolute Gasteiger partial charge is 0.871 e. The minimum atomic E-state index is -1.40. The number of aliphatic carboxylic acids is 1. The van der Waals surface area contributed by atoms with Crippen LogP contribution in [0.2, 0.25) is 0 Å². The molecule has 32 heavy (non-hydrogen) atoms. The van der Waals surface area contributed by atoms with Crippen LogP contribution in [-0.4, -0.2) is 21.6 Å². The van der Waals surface area contributed by atoms with Gasteiger partial charge in [0.25, 0.3) is 5.56 Å². The van der Waals surface area contributed by atoms with Crippen LogP contribution in [0.3, 0.4) is 0 Å². The Balaban J connectivity index is 0.00000256. The topological polar surface area (TPSA) is 139 Å². The second-order valence-corrected chi connectivity index (χ2v) is 6.51. The largest absolute Gasteiger partial charge is 1.00 e. The number of rotatable bonds is 6. The molecule has 2 amide bonds. The fourth-order valence-electron chi connectivity index (χ4n) is 2.85. The molecule has 0 radical (unpaired) electrons. The number of amides is 2. The molecule has 154 valence electrons. The number of benzene rings is 1. The molecule has 2 aromatic heterocycles. The van der Waals surface area contributed by atoms with Crippen molar-refractivity contribution in [3.63, 3.8) is 0 Å². The Kier molecular flexibility index (Phi) is 11.1. The van der Waals surface area contributed by atoms with Crippen LogP contribution in [0.5, 0.6) is 5.75 Å². The Hall–Kier alpha value is -2.14. The van der Waals surface area contributed by atoms with Crippen LogP contribution >= 0.6 is 0 Å². The maximum absolute atomic E-state index is 12.4. The molecular formula is C21H18N4Na2O5. The van der Waals surface area contributed by atoms with Crippen LogP contribution in [0.1, 0.15) is 18.2 Å². The number of carboxylic acids is 1. The molecule has 0 saturated heterocycles. The Bertz CT molecular complexity index is 1140. The number of hydrogen-bond donors (Lipinski definition) is 2. The third-order valence-electron chi connectivity index (χ3n) is 4.34. The van der Waals surface area contributed by atoms with E-state index in [1.54, 1.807) is 18.2 Å². The molecule has 11 heteroatoms. The second kappa shape index (κ2) is 12.8. The molecule has 3 rings (SSSR count). The average molecular weight is 452 g/mol. The van der Waals surface area contributed by atoms with E-state index in [4.69, 9.17) is 0 Å². The van der Waals surface area contributed by atoms with Crippen LogP contribution < -0.4 is 85.5 Å². The van der Waals surface area contributed by atoms with Gasteiger partial charge in [-0.3, -0.25) is 9.78 Å². The molecule has 0 spiro atoms. The first-order valence-electron chi connectivity index (χ1n) is 9.01. The van der Waals surface area contributed by atoms with Gasteiger partial charge in [0.2, 0.25) is 0 Å². The molecular weight excluding hydrogens is 434 g/mol. The van der Waals surface area contributed by atoms with Crippen LogP contribution in [-0.2, 0) is 11.8 Å². The first-order chi connectivity index (χ1) is 14.3. The van der Waals surface area contributed by atoms with E-state index < -0.39 is 41.5 Å². The monoisotopic (exact) mass is 452 g/mol. The minimum absolute atomic E-state index is 0. The van der Waals surface area contributed by atoms with E-state index >= 15 is 0 Å². The molecule has 0 saturated carbocycles. The van der Waals surface area contributed by atoms with Crippen molar-refractivity contribution in [2.75, 3.05) is 5.32 Å². The first kappa shape index (κ1) is 27.9. The fraction of sp³-hybridized carbons (Fsp3) is 0.143. The Labute approximate surface area is 228 Å². The number of aryl methyl sites for hydroxylation is 1. The number of carbonyl (C=O) groups excluding carboxylic acids is 2. The predicted molar refractivity (Wildman–Crippen MR) is 105 cm³/mol. The van der Waals surface area contributed by atoms with Crippen molar-refractivity contribution in [1.29, 1.82) is 0 Å². The maximum atomic E-state index is 12.4. The summed E-state index contributed by atoms with van der Waals surface area (Å²) >= 11 is 0. The zero-order valence-electron chi connectivity index (χ0n) is 18.0. The van der Waals surface area contributed by atoms with Crippen molar-refractivity contribution in [3.8, 4) is 17.0 Å². The van der Waals surface area contributed by atoms with Crippen LogP contribution in [0.25, 0.3) is 11.3 Å². The molecule has 9 nitrogen and oxygen atoms in total. The normalized spacial score (nSPS) is 10.8. The molecule has 0 aliphatic heterocycles. The van der Waals surface area contributed by atoms with Gasteiger partial charge in [-0.25, -0.2) is 4.79 Å². The van der Waals surface area contributed by atoms with Crippen molar-refractivity contribution in [3.05, 3.63) is 76.8 Å². The number of pyridine rings is 2. The standard InChI is InChI=1S/C21H20N4O5.2Na/c1-25-11-10-17(26)19(20(25)29)24-21(30)23-16(12-18(27)28)15-9-5-8-14(22-15)13-6-3-2-4-7-13;;/h2-11,16,26H,12H2,1H3,(H,27,28)(H2,23,24,30);;/q;2*+1/p-2/t16-;;/m0../s1. The van der Waals surface area contributed by atoms with Crippen molar-refractivity contribution >= 4 is 17.7 Å². The van der Waals surface area contributed by atoms with Crippen molar-refractivity contribution in [2.45, 2.75) is 12.5 Å². The molecule has 0 aliphatic carbocycles. The molecule has 2 N–H and O–H groups in total. The summed E-state index contributed by atoms with van der Waals surface area (Å²) in [4.78, 5) is 40.1. The molecule has 1 atom stereocenters. The number of carboxylic acid groups (broad SMARTS) is 1. The summed E-state index contributed by atoms with van der Waals surface area (Å²) in [6, 6.07) is 13.4. The van der Waals surface area contributed by atoms with E-state index in [-0.39, 0.29) is 59.1 Å². The van der Waals surface area contributed by atoms with Crippen molar-refractivity contribution < 1.29 is 78.9 Å². The van der Waals surface area contributed by atoms with Gasteiger partial charge in [-0.05, 0) is 12.1 Å². The van der Waals surface area contributed by atoms with E-state index in [0.29, 0.717) is 11.4 Å². The van der Waals surface area contributed by atoms with E-state index in [2.05, 4.69) is 15.6 Å². The Morgan fingerprint density at radius 3 is 2.41 bits per heavy atom. The third-order valence-corrected chi connectivity index (χ3v) is 4.34. The molecule has 2 heterocycles.